The van der Waals surface area contributed by atoms with Crippen LogP contribution in [-0.4, -0.2) is 32.9 Å². The predicted molar refractivity (Wildman–Crippen MR) is 188 cm³/mol. The minimum atomic E-state index is -0.437. The van der Waals surface area contributed by atoms with Gasteiger partial charge in [0.25, 0.3) is 0 Å². The molecular formula is C40H34BN3O2. The second-order valence-corrected chi connectivity index (χ2v) is 12.9. The minimum absolute atomic E-state index is 0.408. The van der Waals surface area contributed by atoms with Crippen LogP contribution in [0.15, 0.2) is 133 Å². The Labute approximate surface area is 269 Å². The van der Waals surface area contributed by atoms with E-state index < -0.39 is 18.3 Å². The molecule has 0 aliphatic carbocycles. The van der Waals surface area contributed by atoms with E-state index in [0.29, 0.717) is 5.82 Å². The third-order valence-corrected chi connectivity index (χ3v) is 9.49. The van der Waals surface area contributed by atoms with Crippen molar-refractivity contribution in [3.63, 3.8) is 0 Å². The number of rotatable bonds is 5. The Hall–Kier alpha value is -5.04. The number of hydrogen-bond acceptors (Lipinski definition) is 4. The molecule has 8 rings (SSSR count). The zero-order valence-corrected chi connectivity index (χ0v) is 26.4. The average Bonchev–Trinajstić information content (AvgIpc) is 3.54. The smallest absolute Gasteiger partial charge is 0.399 e. The van der Waals surface area contributed by atoms with Crippen LogP contribution in [0.2, 0.25) is 0 Å². The molecule has 0 N–H and O–H groups in total. The van der Waals surface area contributed by atoms with Gasteiger partial charge in [-0.15, -0.1) is 0 Å². The van der Waals surface area contributed by atoms with Crippen LogP contribution in [0.25, 0.3) is 61.4 Å². The molecule has 1 aliphatic heterocycles. The maximum absolute atomic E-state index is 6.33. The lowest BCUT2D eigenvalue weighted by molar-refractivity contribution is 0.00578. The van der Waals surface area contributed by atoms with Gasteiger partial charge in [-0.2, -0.15) is 0 Å². The van der Waals surface area contributed by atoms with Crippen molar-refractivity contribution >= 4 is 34.4 Å². The molecule has 0 radical (unpaired) electrons. The van der Waals surface area contributed by atoms with Crippen LogP contribution in [0.3, 0.4) is 0 Å². The number of fused-ring (bicyclic) bond motifs is 3. The fraction of sp³-hybridized carbons (Fsp3) is 0.150. The first-order valence-corrected chi connectivity index (χ1v) is 15.8. The lowest BCUT2D eigenvalue weighted by Gasteiger charge is -2.32. The third-order valence-electron chi connectivity index (χ3n) is 9.49. The Morgan fingerprint density at radius 2 is 1.02 bits per heavy atom. The lowest BCUT2D eigenvalue weighted by atomic mass is 9.79. The molecule has 2 aromatic heterocycles. The highest BCUT2D eigenvalue weighted by atomic mass is 16.7. The summed E-state index contributed by atoms with van der Waals surface area (Å²) in [6.07, 6.45) is 0. The maximum Gasteiger partial charge on any atom is 0.494 e. The molecule has 5 aromatic carbocycles. The Kier molecular flexibility index (Phi) is 6.68. The Morgan fingerprint density at radius 1 is 0.522 bits per heavy atom. The first kappa shape index (κ1) is 28.4. The summed E-state index contributed by atoms with van der Waals surface area (Å²) < 4.78 is 15.0. The second kappa shape index (κ2) is 10.8. The van der Waals surface area contributed by atoms with Crippen molar-refractivity contribution < 1.29 is 9.31 Å². The monoisotopic (exact) mass is 599 g/mol. The summed E-state index contributed by atoms with van der Waals surface area (Å²) in [6.45, 7) is 8.30. The first-order chi connectivity index (χ1) is 22.3. The van der Waals surface area contributed by atoms with Gasteiger partial charge in [0, 0.05) is 21.9 Å². The number of benzene rings is 5. The summed E-state index contributed by atoms with van der Waals surface area (Å²) in [4.78, 5) is 10.7. The van der Waals surface area contributed by atoms with E-state index in [9.17, 15) is 0 Å². The predicted octanol–water partition coefficient (Wildman–Crippen LogP) is 8.87. The van der Waals surface area contributed by atoms with Crippen LogP contribution in [0, 0.1) is 0 Å². The Morgan fingerprint density at radius 3 is 1.59 bits per heavy atom. The van der Waals surface area contributed by atoms with E-state index in [-0.39, 0.29) is 0 Å². The zero-order chi connectivity index (χ0) is 31.5. The van der Waals surface area contributed by atoms with Gasteiger partial charge >= 0.3 is 7.12 Å². The summed E-state index contributed by atoms with van der Waals surface area (Å²) in [7, 11) is -0.437. The van der Waals surface area contributed by atoms with Crippen LogP contribution < -0.4 is 5.46 Å². The van der Waals surface area contributed by atoms with Crippen molar-refractivity contribution in [2.45, 2.75) is 38.9 Å². The Balaban J connectivity index is 1.39. The van der Waals surface area contributed by atoms with Crippen LogP contribution >= 0.6 is 0 Å². The molecule has 0 amide bonds. The van der Waals surface area contributed by atoms with E-state index in [4.69, 9.17) is 19.3 Å². The topological polar surface area (TPSA) is 49.2 Å². The van der Waals surface area contributed by atoms with Gasteiger partial charge in [-0.3, -0.25) is 4.57 Å². The molecule has 1 fully saturated rings. The highest BCUT2D eigenvalue weighted by Gasteiger charge is 2.51. The molecule has 0 unspecified atom stereocenters. The van der Waals surface area contributed by atoms with Gasteiger partial charge in [0.15, 0.2) is 5.82 Å². The van der Waals surface area contributed by atoms with Gasteiger partial charge in [0.2, 0.25) is 0 Å². The van der Waals surface area contributed by atoms with Gasteiger partial charge in [-0.1, -0.05) is 121 Å². The van der Waals surface area contributed by atoms with Gasteiger partial charge < -0.3 is 9.31 Å². The second-order valence-electron chi connectivity index (χ2n) is 12.9. The summed E-state index contributed by atoms with van der Waals surface area (Å²) in [6, 6.07) is 46.2. The first-order valence-electron chi connectivity index (χ1n) is 15.8. The number of hydrogen-bond donors (Lipinski definition) is 0. The summed E-state index contributed by atoms with van der Waals surface area (Å²) >= 11 is 0. The normalized spacial score (nSPS) is 15.5. The van der Waals surface area contributed by atoms with Gasteiger partial charge in [0.05, 0.1) is 33.5 Å². The highest BCUT2D eigenvalue weighted by Crippen LogP contribution is 2.41. The molecule has 0 bridgehead atoms. The van der Waals surface area contributed by atoms with E-state index in [1.807, 2.05) is 12.1 Å². The molecule has 3 heterocycles. The Bertz CT molecular complexity index is 2140. The third kappa shape index (κ3) is 4.64. The molecule has 0 saturated carbocycles. The quantitative estimate of drug-likeness (QED) is 0.186. The van der Waals surface area contributed by atoms with Crippen molar-refractivity contribution in [3.8, 4) is 39.6 Å². The standard InChI is InChI=1S/C40H34BN3O2/c1-39(2)40(3,4)46-41(45-39)30-25-23-29(24-26-30)37-42-36(28-17-9-6-10-18-28)35(27-15-7-5-8-16-27)38(43-37)44-33-21-13-11-19-31(33)32-20-12-14-22-34(32)44/h5-26H,1-4H3. The van der Waals surface area contributed by atoms with Gasteiger partial charge in [0.1, 0.15) is 5.82 Å². The van der Waals surface area contributed by atoms with Crippen molar-refractivity contribution in [2.75, 3.05) is 0 Å². The van der Waals surface area contributed by atoms with Crippen molar-refractivity contribution in [1.82, 2.24) is 14.5 Å². The molecular weight excluding hydrogens is 565 g/mol. The number of nitrogens with zero attached hydrogens (tertiary/aromatic N) is 3. The van der Waals surface area contributed by atoms with Gasteiger partial charge in [-0.05, 0) is 50.9 Å². The molecule has 0 spiro atoms. The fourth-order valence-corrected chi connectivity index (χ4v) is 6.33. The van der Waals surface area contributed by atoms with E-state index in [0.717, 1.165) is 50.3 Å². The van der Waals surface area contributed by atoms with Crippen LogP contribution in [-0.2, 0) is 9.31 Å². The summed E-state index contributed by atoms with van der Waals surface area (Å²) in [5.74, 6) is 1.48. The molecule has 46 heavy (non-hydrogen) atoms. The van der Waals surface area contributed by atoms with E-state index in [1.54, 1.807) is 0 Å². The van der Waals surface area contributed by atoms with Crippen molar-refractivity contribution in [3.05, 3.63) is 133 Å². The largest absolute Gasteiger partial charge is 0.494 e. The SMILES string of the molecule is CC1(C)OB(c2ccc(-c3nc(-c4ccccc4)c(-c4ccccc4)c(-n4c5ccccc5c5ccccc54)n3)cc2)OC1(C)C. The molecule has 0 atom stereocenters. The molecule has 1 aliphatic rings. The molecule has 6 heteroatoms. The van der Waals surface area contributed by atoms with Gasteiger partial charge in [-0.25, -0.2) is 9.97 Å². The van der Waals surface area contributed by atoms with Crippen LogP contribution in [0.4, 0.5) is 0 Å². The summed E-state index contributed by atoms with van der Waals surface area (Å²) in [5.41, 5.74) is 7.21. The van der Waals surface area contributed by atoms with E-state index in [2.05, 4.69) is 154 Å². The lowest BCUT2D eigenvalue weighted by Crippen LogP contribution is -2.41. The van der Waals surface area contributed by atoms with Crippen molar-refractivity contribution in [1.29, 1.82) is 0 Å². The molecule has 5 nitrogen and oxygen atoms in total. The molecule has 7 aromatic rings. The van der Waals surface area contributed by atoms with E-state index >= 15 is 0 Å². The molecule has 224 valence electrons. The summed E-state index contributed by atoms with van der Waals surface area (Å²) in [5, 5.41) is 2.37. The zero-order valence-electron chi connectivity index (χ0n) is 26.4. The van der Waals surface area contributed by atoms with E-state index in [1.165, 1.54) is 10.8 Å². The molecule has 1 saturated heterocycles. The minimum Gasteiger partial charge on any atom is -0.399 e. The fourth-order valence-electron chi connectivity index (χ4n) is 6.33. The highest BCUT2D eigenvalue weighted by molar-refractivity contribution is 6.62. The average molecular weight is 600 g/mol. The number of aromatic nitrogens is 3. The van der Waals surface area contributed by atoms with Crippen LogP contribution in [0.5, 0.6) is 0 Å². The number of para-hydroxylation sites is 2. The van der Waals surface area contributed by atoms with Crippen LogP contribution in [0.1, 0.15) is 27.7 Å². The maximum atomic E-state index is 6.33. The van der Waals surface area contributed by atoms with Crippen molar-refractivity contribution in [2.24, 2.45) is 0 Å².